The van der Waals surface area contributed by atoms with Gasteiger partial charge in [-0.15, -0.1) is 0 Å². The molecule has 0 N–H and O–H groups in total. The molecule has 0 atom stereocenters. The van der Waals surface area contributed by atoms with Crippen LogP contribution in [0.3, 0.4) is 0 Å². The summed E-state index contributed by atoms with van der Waals surface area (Å²) in [7, 11) is 0. The number of hydrogen-bond donors (Lipinski definition) is 0. The van der Waals surface area contributed by atoms with E-state index >= 15 is 0 Å². The van der Waals surface area contributed by atoms with E-state index < -0.39 is 4.92 Å². The molecule has 94 valence electrons. The lowest BCUT2D eigenvalue weighted by Gasteiger charge is -2.08. The van der Waals surface area contributed by atoms with E-state index in [1.165, 1.54) is 36.7 Å². The highest BCUT2D eigenvalue weighted by atomic mass is 35.5. The van der Waals surface area contributed by atoms with Gasteiger partial charge in [0.2, 0.25) is 5.75 Å². The summed E-state index contributed by atoms with van der Waals surface area (Å²) in [5.74, 6) is -0.000123. The van der Waals surface area contributed by atoms with Gasteiger partial charge in [0.15, 0.2) is 5.75 Å². The van der Waals surface area contributed by atoms with Gasteiger partial charge >= 0.3 is 5.69 Å². The first-order valence-corrected chi connectivity index (χ1v) is 5.46. The zero-order valence-corrected chi connectivity index (χ0v) is 10.2. The highest BCUT2D eigenvalue weighted by Gasteiger charge is 2.20. The van der Waals surface area contributed by atoms with Crippen molar-refractivity contribution in [2.75, 3.05) is 0 Å². The van der Waals surface area contributed by atoms with E-state index in [4.69, 9.17) is 21.6 Å². The van der Waals surface area contributed by atoms with E-state index in [1.807, 2.05) is 6.07 Å². The summed E-state index contributed by atoms with van der Waals surface area (Å²) in [6.07, 6.45) is 2.72. The van der Waals surface area contributed by atoms with Crippen molar-refractivity contribution in [1.29, 1.82) is 5.26 Å². The van der Waals surface area contributed by atoms with Gasteiger partial charge in [-0.3, -0.25) is 15.1 Å². The van der Waals surface area contributed by atoms with Crippen molar-refractivity contribution in [3.05, 3.63) is 57.4 Å². The van der Waals surface area contributed by atoms with Crippen LogP contribution in [0.1, 0.15) is 5.56 Å². The third-order valence-corrected chi connectivity index (χ3v) is 2.56. The molecule has 1 aromatic carbocycles. The van der Waals surface area contributed by atoms with Gasteiger partial charge in [0, 0.05) is 12.3 Å². The molecule has 0 saturated carbocycles. The SMILES string of the molecule is N#Cc1ccncc1Oc1c(Cl)cccc1[N+](=O)[O-]. The minimum Gasteiger partial charge on any atom is -0.445 e. The first-order chi connectivity index (χ1) is 9.13. The molecule has 0 aliphatic heterocycles. The normalized spacial score (nSPS) is 9.68. The molecular weight excluding hydrogens is 270 g/mol. The molecule has 0 radical (unpaired) electrons. The molecule has 0 aliphatic rings. The number of aromatic nitrogens is 1. The molecular formula is C12H6ClN3O3. The second-order valence-electron chi connectivity index (χ2n) is 3.43. The van der Waals surface area contributed by atoms with Gasteiger partial charge in [-0.05, 0) is 12.1 Å². The van der Waals surface area contributed by atoms with Gasteiger partial charge in [0.25, 0.3) is 0 Å². The zero-order valence-electron chi connectivity index (χ0n) is 9.41. The highest BCUT2D eigenvalue weighted by molar-refractivity contribution is 6.32. The second kappa shape index (κ2) is 5.33. The number of pyridine rings is 1. The fourth-order valence-electron chi connectivity index (χ4n) is 1.41. The van der Waals surface area contributed by atoms with Crippen molar-refractivity contribution >= 4 is 17.3 Å². The number of ether oxygens (including phenoxy) is 1. The van der Waals surface area contributed by atoms with E-state index in [1.54, 1.807) is 0 Å². The Labute approximate surface area is 113 Å². The van der Waals surface area contributed by atoms with Crippen molar-refractivity contribution in [1.82, 2.24) is 4.98 Å². The summed E-state index contributed by atoms with van der Waals surface area (Å²) in [6.45, 7) is 0. The quantitative estimate of drug-likeness (QED) is 0.633. The van der Waals surface area contributed by atoms with E-state index in [9.17, 15) is 10.1 Å². The Morgan fingerprint density at radius 1 is 1.42 bits per heavy atom. The Hall–Kier alpha value is -2.65. The molecule has 1 heterocycles. The number of benzene rings is 1. The van der Waals surface area contributed by atoms with Crippen LogP contribution in [-0.2, 0) is 0 Å². The summed E-state index contributed by atoms with van der Waals surface area (Å²) < 4.78 is 5.36. The number of nitriles is 1. The Morgan fingerprint density at radius 2 is 2.21 bits per heavy atom. The van der Waals surface area contributed by atoms with Gasteiger partial charge < -0.3 is 4.74 Å². The molecule has 2 aromatic rings. The number of halogens is 1. The minimum atomic E-state index is -0.608. The van der Waals surface area contributed by atoms with E-state index in [-0.39, 0.29) is 27.8 Å². The predicted molar refractivity (Wildman–Crippen MR) is 67.1 cm³/mol. The molecule has 0 aliphatic carbocycles. The van der Waals surface area contributed by atoms with Gasteiger partial charge in [0.1, 0.15) is 6.07 Å². The van der Waals surface area contributed by atoms with Crippen molar-refractivity contribution in [2.24, 2.45) is 0 Å². The van der Waals surface area contributed by atoms with Crippen LogP contribution in [0.5, 0.6) is 11.5 Å². The summed E-state index contributed by atoms with van der Waals surface area (Å²) in [6, 6.07) is 7.53. The van der Waals surface area contributed by atoms with Gasteiger partial charge in [-0.1, -0.05) is 17.7 Å². The maximum absolute atomic E-state index is 10.9. The number of nitrogens with zero attached hydrogens (tertiary/aromatic N) is 3. The summed E-state index contributed by atoms with van der Waals surface area (Å²) in [5.41, 5.74) is -0.0653. The summed E-state index contributed by atoms with van der Waals surface area (Å²) in [5, 5.41) is 19.9. The molecule has 0 unspecified atom stereocenters. The molecule has 1 aromatic heterocycles. The van der Waals surface area contributed by atoms with Crippen molar-refractivity contribution < 1.29 is 9.66 Å². The second-order valence-corrected chi connectivity index (χ2v) is 3.84. The standard InChI is InChI=1S/C12H6ClN3O3/c13-9-2-1-3-10(16(17)18)12(9)19-11-7-15-5-4-8(11)6-14/h1-5,7H. The smallest absolute Gasteiger partial charge is 0.313 e. The average molecular weight is 276 g/mol. The highest BCUT2D eigenvalue weighted by Crippen LogP contribution is 2.38. The van der Waals surface area contributed by atoms with Crippen LogP contribution >= 0.6 is 11.6 Å². The molecule has 0 bridgehead atoms. The van der Waals surface area contributed by atoms with Gasteiger partial charge in [-0.2, -0.15) is 5.26 Å². The largest absolute Gasteiger partial charge is 0.445 e. The maximum atomic E-state index is 10.9. The summed E-state index contributed by atoms with van der Waals surface area (Å²) in [4.78, 5) is 14.1. The number of nitro benzene ring substituents is 1. The van der Waals surface area contributed by atoms with E-state index in [0.29, 0.717) is 0 Å². The van der Waals surface area contributed by atoms with Crippen molar-refractivity contribution in [2.45, 2.75) is 0 Å². The van der Waals surface area contributed by atoms with Crippen LogP contribution in [0.4, 0.5) is 5.69 Å². The monoisotopic (exact) mass is 275 g/mol. The fraction of sp³-hybridized carbons (Fsp3) is 0. The molecule has 19 heavy (non-hydrogen) atoms. The average Bonchev–Trinajstić information content (AvgIpc) is 2.41. The summed E-state index contributed by atoms with van der Waals surface area (Å²) >= 11 is 5.89. The Morgan fingerprint density at radius 3 is 2.89 bits per heavy atom. The Balaban J connectivity index is 2.50. The van der Waals surface area contributed by atoms with Gasteiger partial charge in [-0.25, -0.2) is 0 Å². The lowest BCUT2D eigenvalue weighted by atomic mass is 10.2. The first-order valence-electron chi connectivity index (χ1n) is 5.08. The van der Waals surface area contributed by atoms with Crippen LogP contribution in [-0.4, -0.2) is 9.91 Å². The Bertz CT molecular complexity index is 682. The predicted octanol–water partition coefficient (Wildman–Crippen LogP) is 3.31. The first kappa shape index (κ1) is 12.8. The van der Waals surface area contributed by atoms with E-state index in [2.05, 4.69) is 4.98 Å². The van der Waals surface area contributed by atoms with Gasteiger partial charge in [0.05, 0.1) is 21.7 Å². The molecule has 6 nitrogen and oxygen atoms in total. The third-order valence-electron chi connectivity index (χ3n) is 2.26. The molecule has 2 rings (SSSR count). The van der Waals surface area contributed by atoms with E-state index in [0.717, 1.165) is 0 Å². The van der Waals surface area contributed by atoms with Crippen LogP contribution < -0.4 is 4.74 Å². The van der Waals surface area contributed by atoms with Crippen molar-refractivity contribution in [3.63, 3.8) is 0 Å². The number of rotatable bonds is 3. The lowest BCUT2D eigenvalue weighted by Crippen LogP contribution is -1.95. The van der Waals surface area contributed by atoms with Crippen LogP contribution in [0.2, 0.25) is 5.02 Å². The number of nitro groups is 1. The molecule has 0 amide bonds. The van der Waals surface area contributed by atoms with Crippen LogP contribution in [0.15, 0.2) is 36.7 Å². The van der Waals surface area contributed by atoms with Crippen molar-refractivity contribution in [3.8, 4) is 17.6 Å². The van der Waals surface area contributed by atoms with Crippen LogP contribution in [0, 0.1) is 21.4 Å². The fourth-order valence-corrected chi connectivity index (χ4v) is 1.61. The molecule has 7 heteroatoms. The topological polar surface area (TPSA) is 89.0 Å². The number of hydrogen-bond acceptors (Lipinski definition) is 5. The molecule has 0 fully saturated rings. The zero-order chi connectivity index (χ0) is 13.8. The molecule has 0 spiro atoms. The Kier molecular flexibility index (Phi) is 3.59. The maximum Gasteiger partial charge on any atom is 0.313 e. The lowest BCUT2D eigenvalue weighted by molar-refractivity contribution is -0.385. The van der Waals surface area contributed by atoms with Crippen LogP contribution in [0.25, 0.3) is 0 Å². The molecule has 0 saturated heterocycles. The third kappa shape index (κ3) is 2.61. The number of para-hydroxylation sites is 1. The minimum absolute atomic E-state index is 0.0851.